The highest BCUT2D eigenvalue weighted by molar-refractivity contribution is 9.10. The van der Waals surface area contributed by atoms with E-state index in [-0.39, 0.29) is 0 Å². The molecule has 0 unspecified atom stereocenters. The first kappa shape index (κ1) is 9.47. The molecule has 2 rings (SSSR count). The summed E-state index contributed by atoms with van der Waals surface area (Å²) in [5, 5.41) is 0. The lowest BCUT2D eigenvalue weighted by Crippen LogP contribution is -1.81. The van der Waals surface area contributed by atoms with Gasteiger partial charge >= 0.3 is 0 Å². The van der Waals surface area contributed by atoms with E-state index >= 15 is 0 Å². The van der Waals surface area contributed by atoms with Crippen LogP contribution in [0, 0.1) is 13.0 Å². The fourth-order valence-corrected chi connectivity index (χ4v) is 1.79. The Kier molecular flexibility index (Phi) is 2.69. The molecule has 14 heavy (non-hydrogen) atoms. The molecule has 0 heterocycles. The highest BCUT2D eigenvalue weighted by atomic mass is 79.9. The number of benzene rings is 2. The van der Waals surface area contributed by atoms with Crippen molar-refractivity contribution in [3.8, 4) is 11.1 Å². The van der Waals surface area contributed by atoms with Gasteiger partial charge in [0, 0.05) is 4.47 Å². The largest absolute Gasteiger partial charge is 0.0620 e. The van der Waals surface area contributed by atoms with Crippen LogP contribution in [0.25, 0.3) is 11.1 Å². The summed E-state index contributed by atoms with van der Waals surface area (Å²) in [6.07, 6.45) is 0. The molecule has 0 spiro atoms. The highest BCUT2D eigenvalue weighted by Gasteiger charge is 2.00. The van der Waals surface area contributed by atoms with Crippen LogP contribution in [0.1, 0.15) is 5.56 Å². The van der Waals surface area contributed by atoms with Crippen molar-refractivity contribution >= 4 is 15.9 Å². The minimum atomic E-state index is 0.971. The Morgan fingerprint density at radius 3 is 2.64 bits per heavy atom. The maximum absolute atomic E-state index is 4.00. The van der Waals surface area contributed by atoms with E-state index in [2.05, 4.69) is 35.0 Å². The second-order valence-electron chi connectivity index (χ2n) is 3.08. The minimum Gasteiger partial charge on any atom is -0.0620 e. The van der Waals surface area contributed by atoms with E-state index in [9.17, 15) is 0 Å². The zero-order chi connectivity index (χ0) is 9.97. The van der Waals surface area contributed by atoms with Crippen molar-refractivity contribution in [1.82, 2.24) is 0 Å². The third-order valence-electron chi connectivity index (χ3n) is 2.09. The molecule has 0 aliphatic rings. The van der Waals surface area contributed by atoms with Crippen LogP contribution in [0.4, 0.5) is 0 Å². The van der Waals surface area contributed by atoms with Crippen LogP contribution < -0.4 is 0 Å². The Labute approximate surface area is 92.7 Å². The third kappa shape index (κ3) is 1.88. The molecule has 0 aliphatic carbocycles. The summed E-state index contributed by atoms with van der Waals surface area (Å²) < 4.78 is 0.971. The van der Waals surface area contributed by atoms with Gasteiger partial charge in [0.15, 0.2) is 0 Å². The van der Waals surface area contributed by atoms with Gasteiger partial charge in [0.25, 0.3) is 0 Å². The topological polar surface area (TPSA) is 0 Å². The maximum atomic E-state index is 4.00. The van der Waals surface area contributed by atoms with E-state index in [1.165, 1.54) is 11.1 Å². The van der Waals surface area contributed by atoms with Gasteiger partial charge in [-0.1, -0.05) is 52.3 Å². The fourth-order valence-electron chi connectivity index (χ4n) is 1.41. The minimum absolute atomic E-state index is 0.971. The summed E-state index contributed by atoms with van der Waals surface area (Å²) >= 11 is 3.41. The summed E-state index contributed by atoms with van der Waals surface area (Å²) in [4.78, 5) is 0. The Morgan fingerprint density at radius 1 is 1.14 bits per heavy atom. The molecule has 0 bridgehead atoms. The van der Waals surface area contributed by atoms with Gasteiger partial charge in [0.05, 0.1) is 0 Å². The normalized spacial score (nSPS) is 10.1. The Hall–Kier alpha value is -1.08. The van der Waals surface area contributed by atoms with Gasteiger partial charge in [-0.15, -0.1) is 0 Å². The summed E-state index contributed by atoms with van der Waals surface area (Å²) in [6.45, 7) is 4.00. The van der Waals surface area contributed by atoms with Crippen molar-refractivity contribution in [3.63, 3.8) is 0 Å². The predicted octanol–water partition coefficient (Wildman–Crippen LogP) is 4.10. The molecule has 1 heteroatoms. The van der Waals surface area contributed by atoms with Crippen LogP contribution >= 0.6 is 15.9 Å². The molecule has 2 aromatic carbocycles. The lowest BCUT2D eigenvalue weighted by Gasteiger charge is -2.05. The van der Waals surface area contributed by atoms with E-state index < -0.39 is 0 Å². The molecular formula is C13H9Br. The summed E-state index contributed by atoms with van der Waals surface area (Å²) in [5.74, 6) is 0. The van der Waals surface area contributed by atoms with Crippen LogP contribution in [0.5, 0.6) is 0 Å². The predicted molar refractivity (Wildman–Crippen MR) is 62.9 cm³/mol. The lowest BCUT2D eigenvalue weighted by molar-refractivity contribution is 1.54. The lowest BCUT2D eigenvalue weighted by atomic mass is 10.0. The smallest absolute Gasteiger partial charge is 0.0260 e. The Bertz CT molecular complexity index is 446. The Balaban J connectivity index is 2.55. The second-order valence-corrected chi connectivity index (χ2v) is 3.94. The molecule has 0 atom stereocenters. The molecular weight excluding hydrogens is 236 g/mol. The first-order valence-corrected chi connectivity index (χ1v) is 5.15. The number of rotatable bonds is 1. The van der Waals surface area contributed by atoms with Gasteiger partial charge in [-0.2, -0.15) is 0 Å². The standard InChI is InChI=1S/C13H9Br/c1-10-5-2-3-8-13(10)11-6-4-7-12(14)9-11/h2-6,8-9H,1H2. The van der Waals surface area contributed by atoms with Crippen molar-refractivity contribution in [1.29, 1.82) is 0 Å². The van der Waals surface area contributed by atoms with Crippen LogP contribution in [-0.2, 0) is 0 Å². The van der Waals surface area contributed by atoms with Crippen molar-refractivity contribution in [2.45, 2.75) is 0 Å². The van der Waals surface area contributed by atoms with E-state index in [0.717, 1.165) is 10.0 Å². The molecule has 0 aromatic heterocycles. The van der Waals surface area contributed by atoms with Gasteiger partial charge in [0.1, 0.15) is 0 Å². The molecule has 0 amide bonds. The van der Waals surface area contributed by atoms with Crippen LogP contribution in [0.3, 0.4) is 0 Å². The monoisotopic (exact) mass is 244 g/mol. The number of halogens is 1. The van der Waals surface area contributed by atoms with Crippen LogP contribution in [-0.4, -0.2) is 0 Å². The van der Waals surface area contributed by atoms with Gasteiger partial charge in [-0.3, -0.25) is 0 Å². The van der Waals surface area contributed by atoms with E-state index in [4.69, 9.17) is 0 Å². The third-order valence-corrected chi connectivity index (χ3v) is 2.55. The summed E-state index contributed by atoms with van der Waals surface area (Å²) in [5.41, 5.74) is 3.38. The first-order valence-electron chi connectivity index (χ1n) is 4.36. The Morgan fingerprint density at radius 2 is 1.93 bits per heavy atom. The zero-order valence-corrected chi connectivity index (χ0v) is 9.21. The second kappa shape index (κ2) is 3.97. The molecule has 0 aliphatic heterocycles. The molecule has 0 N–H and O–H groups in total. The molecule has 2 radical (unpaired) electrons. The molecule has 0 saturated heterocycles. The summed E-state index contributed by atoms with van der Waals surface area (Å²) in [6, 6.07) is 17.2. The van der Waals surface area contributed by atoms with E-state index in [0.29, 0.717) is 0 Å². The first-order chi connectivity index (χ1) is 6.77. The molecule has 0 fully saturated rings. The maximum Gasteiger partial charge on any atom is 0.0260 e. The zero-order valence-electron chi connectivity index (χ0n) is 7.63. The van der Waals surface area contributed by atoms with Gasteiger partial charge in [-0.25, -0.2) is 0 Å². The molecule has 2 aromatic rings. The van der Waals surface area contributed by atoms with Crippen LogP contribution in [0.15, 0.2) is 46.9 Å². The van der Waals surface area contributed by atoms with Crippen molar-refractivity contribution in [3.05, 3.63) is 65.5 Å². The highest BCUT2D eigenvalue weighted by Crippen LogP contribution is 2.25. The van der Waals surface area contributed by atoms with Crippen molar-refractivity contribution < 1.29 is 0 Å². The van der Waals surface area contributed by atoms with E-state index in [1.807, 2.05) is 36.4 Å². The average Bonchev–Trinajstić information content (AvgIpc) is 2.18. The summed E-state index contributed by atoms with van der Waals surface area (Å²) in [7, 11) is 0. The van der Waals surface area contributed by atoms with Gasteiger partial charge in [-0.05, 0) is 35.7 Å². The van der Waals surface area contributed by atoms with Crippen LogP contribution in [0.2, 0.25) is 0 Å². The molecule has 0 saturated carbocycles. The van der Waals surface area contributed by atoms with Gasteiger partial charge < -0.3 is 0 Å². The van der Waals surface area contributed by atoms with E-state index in [1.54, 1.807) is 0 Å². The number of hydrogen-bond donors (Lipinski definition) is 0. The van der Waals surface area contributed by atoms with Gasteiger partial charge in [0.2, 0.25) is 0 Å². The van der Waals surface area contributed by atoms with Crippen molar-refractivity contribution in [2.24, 2.45) is 0 Å². The fraction of sp³-hybridized carbons (Fsp3) is 0. The van der Waals surface area contributed by atoms with Crippen molar-refractivity contribution in [2.75, 3.05) is 0 Å². The SMILES string of the molecule is [CH2]c1ccccc1-c1cc[c]c(Br)c1. The molecule has 0 nitrogen and oxygen atoms in total. The average molecular weight is 245 g/mol. The number of hydrogen-bond acceptors (Lipinski definition) is 0. The molecule has 68 valence electrons. The quantitative estimate of drug-likeness (QED) is 0.709.